The number of hydrogen-bond acceptors (Lipinski definition) is 3. The topological polar surface area (TPSA) is 41.5 Å². The van der Waals surface area contributed by atoms with E-state index in [0.717, 1.165) is 18.7 Å². The lowest BCUT2D eigenvalue weighted by Gasteiger charge is -2.31. The van der Waals surface area contributed by atoms with Crippen molar-refractivity contribution in [1.82, 2.24) is 5.32 Å². The number of hydrogen-bond donors (Lipinski definition) is 2. The zero-order valence-corrected chi connectivity index (χ0v) is 12.6. The Morgan fingerprint density at radius 3 is 2.32 bits per heavy atom. The van der Waals surface area contributed by atoms with Crippen molar-refractivity contribution in [3.05, 3.63) is 29.8 Å². The average molecular weight is 265 g/mol. The first kappa shape index (κ1) is 16.0. The number of aliphatic hydroxyl groups excluding tert-OH is 1. The molecule has 0 saturated carbocycles. The molecule has 3 heteroatoms. The molecule has 0 aliphatic heterocycles. The molecular formula is C16H27NO2. The van der Waals surface area contributed by atoms with E-state index in [9.17, 15) is 0 Å². The molecule has 0 aliphatic carbocycles. The Labute approximate surface area is 117 Å². The minimum Gasteiger partial charge on any atom is -0.494 e. The third kappa shape index (κ3) is 5.62. The molecule has 0 heterocycles. The highest BCUT2D eigenvalue weighted by atomic mass is 16.5. The highest BCUT2D eigenvalue weighted by molar-refractivity contribution is 5.27. The standard InChI is InChI=1S/C16H27NO2/c1-5-19-14-8-6-13(7-9-14)12-17-15(10-11-18)16(2,3)4/h6-9,15,17-18H,5,10-12H2,1-4H3. The fourth-order valence-corrected chi connectivity index (χ4v) is 2.08. The second kappa shape index (κ2) is 7.51. The van der Waals surface area contributed by atoms with Gasteiger partial charge in [0.15, 0.2) is 0 Å². The molecule has 19 heavy (non-hydrogen) atoms. The lowest BCUT2D eigenvalue weighted by atomic mass is 9.85. The third-order valence-corrected chi connectivity index (χ3v) is 3.25. The minimum absolute atomic E-state index is 0.147. The first-order valence-corrected chi connectivity index (χ1v) is 7.03. The molecule has 2 N–H and O–H groups in total. The zero-order chi connectivity index (χ0) is 14.3. The number of aliphatic hydroxyl groups is 1. The van der Waals surface area contributed by atoms with Crippen LogP contribution < -0.4 is 10.1 Å². The Hall–Kier alpha value is -1.06. The maximum atomic E-state index is 9.14. The second-order valence-corrected chi connectivity index (χ2v) is 5.89. The van der Waals surface area contributed by atoms with Crippen molar-refractivity contribution in [2.45, 2.75) is 46.7 Å². The van der Waals surface area contributed by atoms with E-state index in [4.69, 9.17) is 9.84 Å². The second-order valence-electron chi connectivity index (χ2n) is 5.89. The molecule has 108 valence electrons. The van der Waals surface area contributed by atoms with Crippen LogP contribution in [0.25, 0.3) is 0 Å². The molecular weight excluding hydrogens is 238 g/mol. The predicted octanol–water partition coefficient (Wildman–Crippen LogP) is 2.97. The maximum Gasteiger partial charge on any atom is 0.119 e. The molecule has 0 aliphatic rings. The fourth-order valence-electron chi connectivity index (χ4n) is 2.08. The van der Waals surface area contributed by atoms with Crippen LogP contribution in [0, 0.1) is 5.41 Å². The van der Waals surface area contributed by atoms with Crippen LogP contribution in [0.1, 0.15) is 39.7 Å². The molecule has 0 fully saturated rings. The summed E-state index contributed by atoms with van der Waals surface area (Å²) in [4.78, 5) is 0. The summed E-state index contributed by atoms with van der Waals surface area (Å²) in [5, 5.41) is 12.7. The van der Waals surface area contributed by atoms with Crippen molar-refractivity contribution in [2.24, 2.45) is 5.41 Å². The number of rotatable bonds is 7. The zero-order valence-electron chi connectivity index (χ0n) is 12.6. The van der Waals surface area contributed by atoms with Gasteiger partial charge in [0.2, 0.25) is 0 Å². The van der Waals surface area contributed by atoms with Gasteiger partial charge in [0, 0.05) is 19.2 Å². The molecule has 1 aromatic carbocycles. The summed E-state index contributed by atoms with van der Waals surface area (Å²) >= 11 is 0. The molecule has 1 atom stereocenters. The first-order valence-electron chi connectivity index (χ1n) is 7.03. The summed E-state index contributed by atoms with van der Waals surface area (Å²) in [6, 6.07) is 8.47. The van der Waals surface area contributed by atoms with Gasteiger partial charge in [-0.2, -0.15) is 0 Å². The molecule has 0 saturated heterocycles. The van der Waals surface area contributed by atoms with Gasteiger partial charge >= 0.3 is 0 Å². The van der Waals surface area contributed by atoms with Gasteiger partial charge in [-0.25, -0.2) is 0 Å². The quantitative estimate of drug-likeness (QED) is 0.796. The van der Waals surface area contributed by atoms with Crippen LogP contribution in [-0.2, 0) is 6.54 Å². The van der Waals surface area contributed by atoms with E-state index < -0.39 is 0 Å². The summed E-state index contributed by atoms with van der Waals surface area (Å²) in [7, 11) is 0. The van der Waals surface area contributed by atoms with Crippen LogP contribution in [0.15, 0.2) is 24.3 Å². The summed E-state index contributed by atoms with van der Waals surface area (Å²) in [5.41, 5.74) is 1.38. The monoisotopic (exact) mass is 265 g/mol. The van der Waals surface area contributed by atoms with Gasteiger partial charge < -0.3 is 15.2 Å². The number of nitrogens with one attached hydrogen (secondary N) is 1. The van der Waals surface area contributed by atoms with Crippen molar-refractivity contribution in [3.63, 3.8) is 0 Å². The van der Waals surface area contributed by atoms with Crippen molar-refractivity contribution < 1.29 is 9.84 Å². The highest BCUT2D eigenvalue weighted by Crippen LogP contribution is 2.22. The SMILES string of the molecule is CCOc1ccc(CNC(CCO)C(C)(C)C)cc1. The van der Waals surface area contributed by atoms with Crippen LogP contribution in [-0.4, -0.2) is 24.4 Å². The minimum atomic E-state index is 0.147. The summed E-state index contributed by atoms with van der Waals surface area (Å²) in [6.07, 6.45) is 0.778. The Kier molecular flexibility index (Phi) is 6.32. The molecule has 0 bridgehead atoms. The average Bonchev–Trinajstić information content (AvgIpc) is 2.35. The first-order chi connectivity index (χ1) is 8.97. The molecule has 0 spiro atoms. The lowest BCUT2D eigenvalue weighted by Crippen LogP contribution is -2.40. The van der Waals surface area contributed by atoms with E-state index in [2.05, 4.69) is 38.2 Å². The van der Waals surface area contributed by atoms with Crippen molar-refractivity contribution >= 4 is 0 Å². The Balaban J connectivity index is 2.54. The molecule has 3 nitrogen and oxygen atoms in total. The van der Waals surface area contributed by atoms with Crippen LogP contribution in [0.2, 0.25) is 0 Å². The van der Waals surface area contributed by atoms with E-state index in [0.29, 0.717) is 12.6 Å². The van der Waals surface area contributed by atoms with E-state index >= 15 is 0 Å². The summed E-state index contributed by atoms with van der Waals surface area (Å²) in [6.45, 7) is 10.3. The van der Waals surface area contributed by atoms with Gasteiger partial charge in [0.25, 0.3) is 0 Å². The maximum absolute atomic E-state index is 9.14. The van der Waals surface area contributed by atoms with Gasteiger partial charge in [-0.15, -0.1) is 0 Å². The smallest absolute Gasteiger partial charge is 0.119 e. The molecule has 1 aromatic rings. The predicted molar refractivity (Wildman–Crippen MR) is 79.4 cm³/mol. The number of benzene rings is 1. The van der Waals surface area contributed by atoms with E-state index in [1.165, 1.54) is 5.56 Å². The van der Waals surface area contributed by atoms with Gasteiger partial charge in [-0.3, -0.25) is 0 Å². The molecule has 1 rings (SSSR count). The van der Waals surface area contributed by atoms with Gasteiger partial charge in [0.1, 0.15) is 5.75 Å². The van der Waals surface area contributed by atoms with Crippen LogP contribution in [0.4, 0.5) is 0 Å². The van der Waals surface area contributed by atoms with Crippen LogP contribution in [0.3, 0.4) is 0 Å². The molecule has 0 radical (unpaired) electrons. The molecule has 0 aromatic heterocycles. The Morgan fingerprint density at radius 1 is 1.21 bits per heavy atom. The van der Waals surface area contributed by atoms with Crippen LogP contribution >= 0.6 is 0 Å². The largest absolute Gasteiger partial charge is 0.494 e. The van der Waals surface area contributed by atoms with Crippen molar-refractivity contribution in [1.29, 1.82) is 0 Å². The normalized spacial score (nSPS) is 13.3. The third-order valence-electron chi connectivity index (χ3n) is 3.25. The Bertz CT molecular complexity index is 354. The van der Waals surface area contributed by atoms with Gasteiger partial charge in [-0.05, 0) is 36.5 Å². The van der Waals surface area contributed by atoms with Gasteiger partial charge in [-0.1, -0.05) is 32.9 Å². The fraction of sp³-hybridized carbons (Fsp3) is 0.625. The van der Waals surface area contributed by atoms with E-state index in [1.807, 2.05) is 19.1 Å². The van der Waals surface area contributed by atoms with Crippen LogP contribution in [0.5, 0.6) is 5.75 Å². The van der Waals surface area contributed by atoms with E-state index in [-0.39, 0.29) is 12.0 Å². The number of ether oxygens (including phenoxy) is 1. The summed E-state index contributed by atoms with van der Waals surface area (Å²) in [5.74, 6) is 0.911. The molecule has 1 unspecified atom stereocenters. The van der Waals surface area contributed by atoms with Crippen molar-refractivity contribution in [2.75, 3.05) is 13.2 Å². The van der Waals surface area contributed by atoms with Crippen molar-refractivity contribution in [3.8, 4) is 5.75 Å². The van der Waals surface area contributed by atoms with E-state index in [1.54, 1.807) is 0 Å². The highest BCUT2D eigenvalue weighted by Gasteiger charge is 2.23. The van der Waals surface area contributed by atoms with Gasteiger partial charge in [0.05, 0.1) is 6.61 Å². The molecule has 0 amide bonds. The Morgan fingerprint density at radius 2 is 1.84 bits per heavy atom. The lowest BCUT2D eigenvalue weighted by molar-refractivity contribution is 0.196. The summed E-state index contributed by atoms with van der Waals surface area (Å²) < 4.78 is 5.43.